The van der Waals surface area contributed by atoms with Crippen molar-refractivity contribution in [2.24, 2.45) is 0 Å². The van der Waals surface area contributed by atoms with Gasteiger partial charge in [-0.25, -0.2) is 8.42 Å². The van der Waals surface area contributed by atoms with Crippen LogP contribution in [0.1, 0.15) is 16.8 Å². The number of hydrogen-bond donors (Lipinski definition) is 2. The average Bonchev–Trinajstić information content (AvgIpc) is 2.77. The second-order valence-electron chi connectivity index (χ2n) is 5.29. The van der Waals surface area contributed by atoms with Gasteiger partial charge in [0.25, 0.3) is 5.91 Å². The van der Waals surface area contributed by atoms with Gasteiger partial charge >= 0.3 is 0 Å². The monoisotopic (exact) mass is 340 g/mol. The number of rotatable bonds is 2. The minimum absolute atomic E-state index is 0.0425. The zero-order valence-corrected chi connectivity index (χ0v) is 13.0. The first-order valence-electron chi connectivity index (χ1n) is 6.68. The molecule has 1 aliphatic rings. The number of carbonyl (C=O) groups excluding carboxylic acids is 1. The molecular formula is C14H13ClN2O4S. The molecule has 2 aromatic rings. The summed E-state index contributed by atoms with van der Waals surface area (Å²) in [4.78, 5) is 27.4. The number of halogens is 1. The molecule has 0 bridgehead atoms. The summed E-state index contributed by atoms with van der Waals surface area (Å²) in [6, 6.07) is 4.28. The fourth-order valence-corrected chi connectivity index (χ4v) is 4.38. The second kappa shape index (κ2) is 5.40. The summed E-state index contributed by atoms with van der Waals surface area (Å²) in [5.74, 6) is -0.593. The quantitative estimate of drug-likeness (QED) is 0.855. The number of hydrogen-bond acceptors (Lipinski definition) is 4. The molecule has 1 aromatic carbocycles. The number of nitrogens with one attached hydrogen (secondary N) is 2. The highest BCUT2D eigenvalue weighted by molar-refractivity contribution is 7.91. The molecule has 2 N–H and O–H groups in total. The zero-order chi connectivity index (χ0) is 15.9. The Labute approximate surface area is 131 Å². The molecule has 1 fully saturated rings. The lowest BCUT2D eigenvalue weighted by Gasteiger charge is -2.10. The third-order valence-corrected chi connectivity index (χ3v) is 5.66. The molecule has 1 unspecified atom stereocenters. The Balaban J connectivity index is 1.90. The van der Waals surface area contributed by atoms with E-state index in [2.05, 4.69) is 10.3 Å². The molecule has 6 nitrogen and oxygen atoms in total. The van der Waals surface area contributed by atoms with E-state index in [0.717, 1.165) is 0 Å². The van der Waals surface area contributed by atoms with Gasteiger partial charge in [-0.2, -0.15) is 0 Å². The average molecular weight is 341 g/mol. The normalized spacial score (nSPS) is 20.1. The van der Waals surface area contributed by atoms with Crippen molar-refractivity contribution >= 4 is 38.2 Å². The van der Waals surface area contributed by atoms with E-state index in [1.165, 1.54) is 6.20 Å². The lowest BCUT2D eigenvalue weighted by Crippen LogP contribution is -2.38. The number of benzene rings is 1. The van der Waals surface area contributed by atoms with Gasteiger partial charge in [0.1, 0.15) is 5.56 Å². The third kappa shape index (κ3) is 2.86. The van der Waals surface area contributed by atoms with Gasteiger partial charge in [0, 0.05) is 22.6 Å². The van der Waals surface area contributed by atoms with E-state index >= 15 is 0 Å². The van der Waals surface area contributed by atoms with Crippen LogP contribution in [0.3, 0.4) is 0 Å². The van der Waals surface area contributed by atoms with Crippen molar-refractivity contribution in [2.45, 2.75) is 12.5 Å². The minimum Gasteiger partial charge on any atom is -0.360 e. The molecule has 22 heavy (non-hydrogen) atoms. The smallest absolute Gasteiger partial charge is 0.257 e. The van der Waals surface area contributed by atoms with Gasteiger partial charge in [0.15, 0.2) is 9.84 Å². The fourth-order valence-electron chi connectivity index (χ4n) is 2.54. The number of fused-ring (bicyclic) bond motifs is 1. The Bertz CT molecular complexity index is 920. The maximum absolute atomic E-state index is 12.3. The molecule has 1 saturated heterocycles. The van der Waals surface area contributed by atoms with E-state index in [1.54, 1.807) is 18.2 Å². The maximum Gasteiger partial charge on any atom is 0.257 e. The Morgan fingerprint density at radius 3 is 2.82 bits per heavy atom. The second-order valence-corrected chi connectivity index (χ2v) is 7.96. The molecular weight excluding hydrogens is 328 g/mol. The van der Waals surface area contributed by atoms with Crippen LogP contribution in [0.5, 0.6) is 0 Å². The standard InChI is InChI=1S/C14H13ClN2O4S/c15-8-1-2-10-12(5-8)16-6-11(13(10)18)14(19)17-9-3-4-22(20,21)7-9/h1-2,5-6,9H,3-4,7H2,(H,16,18)(H,17,19). The maximum atomic E-state index is 12.3. The van der Waals surface area contributed by atoms with Gasteiger partial charge in [-0.15, -0.1) is 0 Å². The van der Waals surface area contributed by atoms with Gasteiger partial charge in [-0.05, 0) is 24.6 Å². The summed E-state index contributed by atoms with van der Waals surface area (Å²) in [6.07, 6.45) is 1.69. The Morgan fingerprint density at radius 1 is 1.36 bits per heavy atom. The lowest BCUT2D eigenvalue weighted by atomic mass is 10.1. The van der Waals surface area contributed by atoms with E-state index in [9.17, 15) is 18.0 Å². The molecule has 3 rings (SSSR count). The summed E-state index contributed by atoms with van der Waals surface area (Å²) in [7, 11) is -3.09. The van der Waals surface area contributed by atoms with Crippen LogP contribution in [0.2, 0.25) is 5.02 Å². The van der Waals surface area contributed by atoms with Crippen molar-refractivity contribution in [3.63, 3.8) is 0 Å². The molecule has 1 amide bonds. The van der Waals surface area contributed by atoms with Gasteiger partial charge in [-0.1, -0.05) is 11.6 Å². The van der Waals surface area contributed by atoms with Gasteiger partial charge in [-0.3, -0.25) is 9.59 Å². The number of amides is 1. The molecule has 0 aliphatic carbocycles. The van der Waals surface area contributed by atoms with E-state index in [4.69, 9.17) is 11.6 Å². The zero-order valence-electron chi connectivity index (χ0n) is 11.4. The lowest BCUT2D eigenvalue weighted by molar-refractivity contribution is 0.0940. The Morgan fingerprint density at radius 2 is 2.14 bits per heavy atom. The summed E-state index contributed by atoms with van der Waals surface area (Å²) in [5, 5.41) is 3.44. The van der Waals surface area contributed by atoms with Crippen molar-refractivity contribution in [3.8, 4) is 0 Å². The first-order valence-corrected chi connectivity index (χ1v) is 8.88. The van der Waals surface area contributed by atoms with Crippen LogP contribution in [-0.2, 0) is 9.84 Å². The molecule has 0 saturated carbocycles. The highest BCUT2D eigenvalue weighted by Crippen LogP contribution is 2.16. The molecule has 2 heterocycles. The fraction of sp³-hybridized carbons (Fsp3) is 0.286. The summed E-state index contributed by atoms with van der Waals surface area (Å²) >= 11 is 5.86. The van der Waals surface area contributed by atoms with E-state index < -0.39 is 27.2 Å². The molecule has 1 atom stereocenters. The van der Waals surface area contributed by atoms with Crippen LogP contribution in [0.15, 0.2) is 29.2 Å². The number of aromatic amines is 1. The van der Waals surface area contributed by atoms with Crippen LogP contribution < -0.4 is 10.7 Å². The minimum atomic E-state index is -3.09. The third-order valence-electron chi connectivity index (χ3n) is 3.66. The first-order chi connectivity index (χ1) is 10.4. The number of carbonyl (C=O) groups is 1. The van der Waals surface area contributed by atoms with Crippen LogP contribution in [0.4, 0.5) is 0 Å². The highest BCUT2D eigenvalue weighted by Gasteiger charge is 2.29. The first kappa shape index (κ1) is 15.1. The summed E-state index contributed by atoms with van der Waals surface area (Å²) in [5.41, 5.74) is 0.0837. The van der Waals surface area contributed by atoms with E-state index in [-0.39, 0.29) is 17.1 Å². The predicted molar refractivity (Wildman–Crippen MR) is 84.1 cm³/mol. The molecule has 0 radical (unpaired) electrons. The van der Waals surface area contributed by atoms with Gasteiger partial charge < -0.3 is 10.3 Å². The number of pyridine rings is 1. The van der Waals surface area contributed by atoms with Crippen LogP contribution in [0.25, 0.3) is 10.9 Å². The van der Waals surface area contributed by atoms with Crippen LogP contribution >= 0.6 is 11.6 Å². The predicted octanol–water partition coefficient (Wildman–Crippen LogP) is 1.10. The molecule has 116 valence electrons. The van der Waals surface area contributed by atoms with Crippen molar-refractivity contribution in [1.29, 1.82) is 0 Å². The Kier molecular flexibility index (Phi) is 3.70. The molecule has 1 aromatic heterocycles. The van der Waals surface area contributed by atoms with E-state index in [1.807, 2.05) is 0 Å². The van der Waals surface area contributed by atoms with Crippen LogP contribution in [-0.4, -0.2) is 36.9 Å². The molecule has 0 spiro atoms. The topological polar surface area (TPSA) is 96.1 Å². The van der Waals surface area contributed by atoms with Crippen molar-refractivity contribution in [3.05, 3.63) is 45.2 Å². The van der Waals surface area contributed by atoms with Gasteiger partial charge in [0.05, 0.1) is 17.0 Å². The van der Waals surface area contributed by atoms with E-state index in [0.29, 0.717) is 22.3 Å². The highest BCUT2D eigenvalue weighted by atomic mass is 35.5. The molecule has 8 heteroatoms. The van der Waals surface area contributed by atoms with Crippen molar-refractivity contribution in [2.75, 3.05) is 11.5 Å². The molecule has 1 aliphatic heterocycles. The SMILES string of the molecule is O=C(NC1CCS(=O)(=O)C1)c1c[nH]c2cc(Cl)ccc2c1=O. The van der Waals surface area contributed by atoms with Crippen molar-refractivity contribution in [1.82, 2.24) is 10.3 Å². The van der Waals surface area contributed by atoms with Crippen LogP contribution in [0, 0.1) is 0 Å². The number of H-pyrrole nitrogens is 1. The summed E-state index contributed by atoms with van der Waals surface area (Å²) in [6.45, 7) is 0. The number of aromatic nitrogens is 1. The summed E-state index contributed by atoms with van der Waals surface area (Å²) < 4.78 is 22.8. The largest absolute Gasteiger partial charge is 0.360 e. The van der Waals surface area contributed by atoms with Crippen molar-refractivity contribution < 1.29 is 13.2 Å². The van der Waals surface area contributed by atoms with Gasteiger partial charge in [0.2, 0.25) is 5.43 Å². The number of sulfone groups is 1. The Hall–Kier alpha value is -1.86.